The first-order valence-electron chi connectivity index (χ1n) is 12.2. The quantitative estimate of drug-likeness (QED) is 0.484. The number of hydrogen-bond donors (Lipinski definition) is 1. The number of hydrogen-bond acceptors (Lipinski definition) is 4. The number of alkyl halides is 3. The maximum atomic E-state index is 13.8. The maximum absolute atomic E-state index is 13.8. The zero-order valence-corrected chi connectivity index (χ0v) is 19.7. The highest BCUT2D eigenvalue weighted by atomic mass is 19.4. The van der Waals surface area contributed by atoms with Crippen LogP contribution in [0.15, 0.2) is 42.6 Å². The first-order chi connectivity index (χ1) is 16.7. The second-order valence-corrected chi connectivity index (χ2v) is 9.98. The number of carbonyl (C=O) groups excluding carboxylic acids is 1. The Hall–Kier alpha value is -3.16. The van der Waals surface area contributed by atoms with Crippen molar-refractivity contribution in [2.45, 2.75) is 64.2 Å². The van der Waals surface area contributed by atoms with Crippen LogP contribution in [-0.4, -0.2) is 26.8 Å². The van der Waals surface area contributed by atoms with Crippen molar-refractivity contribution in [2.75, 3.05) is 5.73 Å². The van der Waals surface area contributed by atoms with Crippen LogP contribution in [0.5, 0.6) is 0 Å². The molecule has 3 aromatic rings. The Morgan fingerprint density at radius 3 is 2.63 bits per heavy atom. The van der Waals surface area contributed by atoms with E-state index >= 15 is 0 Å². The van der Waals surface area contributed by atoms with Gasteiger partial charge < -0.3 is 10.6 Å². The van der Waals surface area contributed by atoms with E-state index in [1.54, 1.807) is 12.1 Å². The lowest BCUT2D eigenvalue weighted by Crippen LogP contribution is -2.43. The average Bonchev–Trinajstić information content (AvgIpc) is 3.30. The monoisotopic (exact) mass is 482 g/mol. The summed E-state index contributed by atoms with van der Waals surface area (Å²) in [5.74, 6) is 1.66. The number of anilines is 1. The summed E-state index contributed by atoms with van der Waals surface area (Å²) in [5, 5.41) is 0.828. The van der Waals surface area contributed by atoms with E-state index in [1.807, 2.05) is 24.0 Å². The van der Waals surface area contributed by atoms with Gasteiger partial charge in [-0.25, -0.2) is 4.98 Å². The van der Waals surface area contributed by atoms with E-state index in [4.69, 9.17) is 5.73 Å². The van der Waals surface area contributed by atoms with Crippen molar-refractivity contribution in [3.05, 3.63) is 65.0 Å². The molecule has 2 N–H and O–H groups in total. The second kappa shape index (κ2) is 9.13. The van der Waals surface area contributed by atoms with Crippen LogP contribution in [0.25, 0.3) is 10.9 Å². The van der Waals surface area contributed by atoms with Crippen molar-refractivity contribution >= 4 is 22.6 Å². The molecule has 3 unspecified atom stereocenters. The summed E-state index contributed by atoms with van der Waals surface area (Å²) < 4.78 is 39.0. The Bertz CT molecular complexity index is 1240. The van der Waals surface area contributed by atoms with Gasteiger partial charge in [-0.15, -0.1) is 0 Å². The van der Waals surface area contributed by atoms with Crippen LogP contribution >= 0.6 is 0 Å². The average molecular weight is 483 g/mol. The van der Waals surface area contributed by atoms with Crippen LogP contribution in [0.4, 0.5) is 19.0 Å². The molecule has 0 saturated heterocycles. The highest BCUT2D eigenvalue weighted by Gasteiger charge is 2.38. The van der Waals surface area contributed by atoms with Gasteiger partial charge in [0.2, 0.25) is 0 Å². The number of rotatable bonds is 4. The van der Waals surface area contributed by atoms with E-state index in [9.17, 15) is 18.0 Å². The molecule has 5 nitrogen and oxygen atoms in total. The fourth-order valence-corrected chi connectivity index (χ4v) is 5.78. The lowest BCUT2D eigenvalue weighted by atomic mass is 9.78. The van der Waals surface area contributed by atoms with Gasteiger partial charge in [-0.2, -0.15) is 13.2 Å². The summed E-state index contributed by atoms with van der Waals surface area (Å²) in [7, 11) is 0. The first-order valence-corrected chi connectivity index (χ1v) is 12.2. The van der Waals surface area contributed by atoms with Gasteiger partial charge in [-0.05, 0) is 80.0 Å². The minimum Gasteiger partial charge on any atom is -0.383 e. The standard InChI is InChI=1S/C27H29F3N4O/c1-16-11-20-12-19(6-10-24(20)33-25(16)31)26(35)34(23-9-5-17-3-2-4-18(17)13-23)15-22-8-7-21(14-32-22)27(28,29)30/h6-8,10-12,14,17-18,23H,2-5,9,13,15H2,1H3,(H2,31,33). The van der Waals surface area contributed by atoms with Crippen LogP contribution in [0.1, 0.15) is 65.7 Å². The Labute approximate surface area is 202 Å². The molecule has 0 radical (unpaired) electrons. The van der Waals surface area contributed by atoms with Crippen LogP contribution in [0.3, 0.4) is 0 Å². The molecule has 0 aliphatic heterocycles. The zero-order valence-electron chi connectivity index (χ0n) is 19.7. The molecular weight excluding hydrogens is 453 g/mol. The van der Waals surface area contributed by atoms with E-state index in [0.717, 1.165) is 48.4 Å². The van der Waals surface area contributed by atoms with Gasteiger partial charge in [-0.3, -0.25) is 9.78 Å². The summed E-state index contributed by atoms with van der Waals surface area (Å²) in [6.45, 7) is 2.05. The Morgan fingerprint density at radius 2 is 1.89 bits per heavy atom. The number of aromatic nitrogens is 2. The Balaban J connectivity index is 1.46. The summed E-state index contributed by atoms with van der Waals surface area (Å²) >= 11 is 0. The summed E-state index contributed by atoms with van der Waals surface area (Å²) in [6, 6.07) is 9.73. The largest absolute Gasteiger partial charge is 0.417 e. The van der Waals surface area contributed by atoms with Crippen LogP contribution in [0, 0.1) is 18.8 Å². The summed E-state index contributed by atoms with van der Waals surface area (Å²) in [4.78, 5) is 24.1. The number of nitrogen functional groups attached to an aromatic ring is 1. The third kappa shape index (κ3) is 4.83. The van der Waals surface area contributed by atoms with Gasteiger partial charge in [0.15, 0.2) is 0 Å². The lowest BCUT2D eigenvalue weighted by Gasteiger charge is -2.39. The van der Waals surface area contributed by atoms with E-state index in [0.29, 0.717) is 28.5 Å². The van der Waals surface area contributed by atoms with E-state index in [1.165, 1.54) is 25.3 Å². The van der Waals surface area contributed by atoms with Gasteiger partial charge >= 0.3 is 6.18 Å². The third-order valence-electron chi connectivity index (χ3n) is 7.74. The molecule has 1 aromatic carbocycles. The summed E-state index contributed by atoms with van der Waals surface area (Å²) in [6.07, 6.45) is 3.00. The number of aryl methyl sites for hydroxylation is 1. The molecule has 184 valence electrons. The lowest BCUT2D eigenvalue weighted by molar-refractivity contribution is -0.137. The molecule has 1 amide bonds. The fraction of sp³-hybridized carbons (Fsp3) is 0.444. The molecule has 2 saturated carbocycles. The molecule has 2 aromatic heterocycles. The molecule has 2 heterocycles. The summed E-state index contributed by atoms with van der Waals surface area (Å²) in [5.41, 5.74) is 7.68. The molecule has 0 spiro atoms. The van der Waals surface area contributed by atoms with E-state index < -0.39 is 11.7 Å². The number of halogens is 3. The number of nitrogens with two attached hydrogens (primary N) is 1. The molecule has 35 heavy (non-hydrogen) atoms. The molecule has 2 fully saturated rings. The van der Waals surface area contributed by atoms with Crippen molar-refractivity contribution in [3.8, 4) is 0 Å². The molecular formula is C27H29F3N4O. The van der Waals surface area contributed by atoms with E-state index in [-0.39, 0.29) is 18.5 Å². The maximum Gasteiger partial charge on any atom is 0.417 e. The molecule has 3 atom stereocenters. The minimum atomic E-state index is -4.44. The smallest absolute Gasteiger partial charge is 0.383 e. The molecule has 2 aliphatic rings. The zero-order chi connectivity index (χ0) is 24.7. The second-order valence-electron chi connectivity index (χ2n) is 9.98. The number of pyridine rings is 2. The van der Waals surface area contributed by atoms with Crippen molar-refractivity contribution in [2.24, 2.45) is 11.8 Å². The number of nitrogens with zero attached hydrogens (tertiary/aromatic N) is 3. The first kappa shape index (κ1) is 23.6. The van der Waals surface area contributed by atoms with Crippen LogP contribution < -0.4 is 5.73 Å². The number of fused-ring (bicyclic) bond motifs is 2. The van der Waals surface area contributed by atoms with Gasteiger partial charge in [0.05, 0.1) is 23.3 Å². The highest BCUT2D eigenvalue weighted by molar-refractivity contribution is 5.98. The fourth-order valence-electron chi connectivity index (χ4n) is 5.78. The normalized spacial score (nSPS) is 22.2. The Kier molecular flexibility index (Phi) is 6.15. The molecule has 5 rings (SSSR count). The van der Waals surface area contributed by atoms with Gasteiger partial charge in [0.1, 0.15) is 5.82 Å². The van der Waals surface area contributed by atoms with Gasteiger partial charge in [0.25, 0.3) is 5.91 Å². The topological polar surface area (TPSA) is 72.1 Å². The number of carbonyl (C=O) groups is 1. The highest BCUT2D eigenvalue weighted by Crippen LogP contribution is 2.44. The van der Waals surface area contributed by atoms with Crippen molar-refractivity contribution in [1.29, 1.82) is 0 Å². The van der Waals surface area contributed by atoms with Crippen LogP contribution in [0.2, 0.25) is 0 Å². The van der Waals surface area contributed by atoms with Gasteiger partial charge in [-0.1, -0.05) is 19.3 Å². The molecule has 8 heteroatoms. The minimum absolute atomic E-state index is 0.0351. The van der Waals surface area contributed by atoms with Gasteiger partial charge in [0, 0.05) is 23.2 Å². The predicted octanol–water partition coefficient (Wildman–Crippen LogP) is 6.15. The Morgan fingerprint density at radius 1 is 1.09 bits per heavy atom. The molecule has 0 bridgehead atoms. The number of benzene rings is 1. The molecule has 2 aliphatic carbocycles. The van der Waals surface area contributed by atoms with Crippen molar-refractivity contribution < 1.29 is 18.0 Å². The van der Waals surface area contributed by atoms with E-state index in [2.05, 4.69) is 9.97 Å². The van der Waals surface area contributed by atoms with Crippen molar-refractivity contribution in [3.63, 3.8) is 0 Å². The van der Waals surface area contributed by atoms with Crippen molar-refractivity contribution in [1.82, 2.24) is 14.9 Å². The number of amides is 1. The third-order valence-corrected chi connectivity index (χ3v) is 7.74. The van der Waals surface area contributed by atoms with Crippen LogP contribution in [-0.2, 0) is 12.7 Å². The predicted molar refractivity (Wildman–Crippen MR) is 128 cm³/mol. The SMILES string of the molecule is Cc1cc2cc(C(=O)N(Cc3ccc(C(F)(F)F)cn3)C3CCC4CCCC4C3)ccc2nc1N.